The average molecular weight is 507 g/mol. The second kappa shape index (κ2) is 11.6. The van der Waals surface area contributed by atoms with E-state index in [9.17, 15) is 19.6 Å². The van der Waals surface area contributed by atoms with Crippen molar-refractivity contribution in [2.45, 2.75) is 96.4 Å². The first-order chi connectivity index (χ1) is 17.4. The van der Waals surface area contributed by atoms with Crippen molar-refractivity contribution < 1.29 is 14.3 Å². The second-order valence-corrected chi connectivity index (χ2v) is 11.1. The van der Waals surface area contributed by atoms with E-state index in [1.165, 1.54) is 0 Å². The highest BCUT2D eigenvalue weighted by Gasteiger charge is 2.42. The molecule has 1 fully saturated rings. The van der Waals surface area contributed by atoms with Crippen LogP contribution in [0.5, 0.6) is 0 Å². The van der Waals surface area contributed by atoms with E-state index in [-0.39, 0.29) is 17.5 Å². The summed E-state index contributed by atoms with van der Waals surface area (Å²) in [6, 6.07) is 12.6. The van der Waals surface area contributed by atoms with Crippen LogP contribution in [0.4, 0.5) is 4.79 Å². The summed E-state index contributed by atoms with van der Waals surface area (Å²) in [7, 11) is 0. The molecule has 0 spiro atoms. The van der Waals surface area contributed by atoms with Gasteiger partial charge in [0, 0.05) is 24.7 Å². The zero-order chi connectivity index (χ0) is 27.2. The molecule has 0 radical (unpaired) electrons. The molecule has 1 aliphatic carbocycles. The van der Waals surface area contributed by atoms with E-state index in [1.807, 2.05) is 44.3 Å². The first-order valence-corrected chi connectivity index (χ1v) is 13.0. The Morgan fingerprint density at radius 3 is 2.24 bits per heavy atom. The predicted octanol–water partition coefficient (Wildman–Crippen LogP) is 4.87. The summed E-state index contributed by atoms with van der Waals surface area (Å²) in [5, 5.41) is 15.5. The Hall–Kier alpha value is -3.60. The summed E-state index contributed by atoms with van der Waals surface area (Å²) in [6.07, 6.45) is 5.18. The van der Waals surface area contributed by atoms with Crippen molar-refractivity contribution in [2.75, 3.05) is 0 Å². The molecule has 8 nitrogen and oxygen atoms in total. The van der Waals surface area contributed by atoms with Gasteiger partial charge in [-0.25, -0.2) is 4.79 Å². The summed E-state index contributed by atoms with van der Waals surface area (Å²) in [4.78, 5) is 38.0. The normalized spacial score (nSPS) is 15.9. The minimum Gasteiger partial charge on any atom is -0.444 e. The molecule has 1 heterocycles. The van der Waals surface area contributed by atoms with Gasteiger partial charge in [-0.1, -0.05) is 43.5 Å². The summed E-state index contributed by atoms with van der Waals surface area (Å²) < 4.78 is 7.09. The van der Waals surface area contributed by atoms with Crippen LogP contribution >= 0.6 is 0 Å². The van der Waals surface area contributed by atoms with E-state index in [0.29, 0.717) is 19.3 Å². The van der Waals surface area contributed by atoms with Gasteiger partial charge in [0.05, 0.1) is 6.07 Å². The van der Waals surface area contributed by atoms with Gasteiger partial charge in [-0.15, -0.1) is 0 Å². The van der Waals surface area contributed by atoms with Gasteiger partial charge in [-0.3, -0.25) is 9.59 Å². The largest absolute Gasteiger partial charge is 0.444 e. The van der Waals surface area contributed by atoms with E-state index in [2.05, 4.69) is 16.7 Å². The molecule has 1 saturated carbocycles. The Labute approximate surface area is 219 Å². The van der Waals surface area contributed by atoms with Crippen LogP contribution in [0.25, 0.3) is 11.1 Å². The number of amides is 2. The van der Waals surface area contributed by atoms with Gasteiger partial charge in [0.25, 0.3) is 5.56 Å². The molecule has 2 aromatic rings. The van der Waals surface area contributed by atoms with Crippen LogP contribution in [0.3, 0.4) is 0 Å². The molecule has 1 aliphatic rings. The number of benzene rings is 1. The lowest BCUT2D eigenvalue weighted by Gasteiger charge is -2.37. The number of nitriles is 1. The third-order valence-electron chi connectivity index (χ3n) is 6.56. The van der Waals surface area contributed by atoms with Crippen molar-refractivity contribution >= 4 is 12.0 Å². The maximum atomic E-state index is 13.4. The topological polar surface area (TPSA) is 113 Å². The van der Waals surface area contributed by atoms with Crippen molar-refractivity contribution in [1.29, 1.82) is 5.26 Å². The number of nitrogens with zero attached hydrogens (tertiary/aromatic N) is 2. The molecule has 2 amide bonds. The third-order valence-corrected chi connectivity index (χ3v) is 6.56. The van der Waals surface area contributed by atoms with E-state index >= 15 is 0 Å². The number of hydrogen-bond donors (Lipinski definition) is 2. The van der Waals surface area contributed by atoms with Crippen molar-refractivity contribution in [3.8, 4) is 17.2 Å². The highest BCUT2D eigenvalue weighted by Crippen LogP contribution is 2.29. The van der Waals surface area contributed by atoms with Crippen molar-refractivity contribution in [3.63, 3.8) is 0 Å². The van der Waals surface area contributed by atoms with Crippen LogP contribution in [0, 0.1) is 11.3 Å². The maximum Gasteiger partial charge on any atom is 0.408 e. The molecule has 0 unspecified atom stereocenters. The second-order valence-electron chi connectivity index (χ2n) is 11.1. The van der Waals surface area contributed by atoms with Crippen LogP contribution in [0.2, 0.25) is 0 Å². The fraction of sp³-hybridized carbons (Fsp3) is 0.517. The molecular formula is C29H38N4O4. The number of hydrogen-bond acceptors (Lipinski definition) is 5. The van der Waals surface area contributed by atoms with Gasteiger partial charge >= 0.3 is 6.09 Å². The number of alkyl carbamates (subject to hydrolysis) is 1. The van der Waals surface area contributed by atoms with Crippen LogP contribution in [0.1, 0.15) is 78.3 Å². The lowest BCUT2D eigenvalue weighted by molar-refractivity contribution is -0.129. The van der Waals surface area contributed by atoms with Crippen molar-refractivity contribution in [3.05, 3.63) is 58.5 Å². The molecule has 8 heteroatoms. The molecule has 3 rings (SSSR count). The van der Waals surface area contributed by atoms with Crippen LogP contribution in [0.15, 0.2) is 47.4 Å². The smallest absolute Gasteiger partial charge is 0.408 e. The van der Waals surface area contributed by atoms with Crippen LogP contribution in [-0.4, -0.2) is 33.7 Å². The number of carbonyl (C=O) groups is 2. The quantitative estimate of drug-likeness (QED) is 0.556. The Bertz CT molecular complexity index is 1200. The van der Waals surface area contributed by atoms with Crippen molar-refractivity contribution in [2.24, 2.45) is 0 Å². The minimum absolute atomic E-state index is 0.0418. The van der Waals surface area contributed by atoms with Gasteiger partial charge in [-0.05, 0) is 70.2 Å². The number of pyridine rings is 1. The number of ether oxygens (including phenoxy) is 1. The van der Waals surface area contributed by atoms with Gasteiger partial charge in [-0.2, -0.15) is 5.26 Å². The van der Waals surface area contributed by atoms with Crippen LogP contribution in [-0.2, 0) is 16.0 Å². The monoisotopic (exact) mass is 506 g/mol. The standard InChI is InChI=1S/C29H38N4O4/c1-20(2)33-19-23(13-14-25(33)34)22-11-9-21(10-12-22)17-24(18-30)31-26(35)29(15-7-6-8-16-29)32-27(36)37-28(3,4)5/h9-14,19-20,24H,6-8,15-17H2,1-5H3,(H,31,35)(H,32,36)/t24-/m0/s1. The maximum absolute atomic E-state index is 13.4. The van der Waals surface area contributed by atoms with Gasteiger partial charge in [0.2, 0.25) is 5.91 Å². The Morgan fingerprint density at radius 2 is 1.68 bits per heavy atom. The fourth-order valence-corrected chi connectivity index (χ4v) is 4.64. The Morgan fingerprint density at radius 1 is 1.05 bits per heavy atom. The molecule has 0 saturated heterocycles. The number of nitrogens with one attached hydrogen (secondary N) is 2. The lowest BCUT2D eigenvalue weighted by atomic mass is 9.80. The van der Waals surface area contributed by atoms with E-state index < -0.39 is 23.3 Å². The minimum atomic E-state index is -1.08. The third kappa shape index (κ3) is 7.45. The summed E-state index contributed by atoms with van der Waals surface area (Å²) in [5.74, 6) is -0.350. The zero-order valence-corrected chi connectivity index (χ0v) is 22.5. The molecular weight excluding hydrogens is 468 g/mol. The van der Waals surface area contributed by atoms with Gasteiger partial charge in [0.1, 0.15) is 17.2 Å². The summed E-state index contributed by atoms with van der Waals surface area (Å²) in [5.41, 5.74) is 0.976. The molecule has 1 aromatic heterocycles. The molecule has 198 valence electrons. The van der Waals surface area contributed by atoms with Crippen LogP contribution < -0.4 is 16.2 Å². The molecule has 0 bridgehead atoms. The summed E-state index contributed by atoms with van der Waals surface area (Å²) in [6.45, 7) is 9.25. The average Bonchev–Trinajstić information content (AvgIpc) is 2.83. The number of rotatable bonds is 7. The van der Waals surface area contributed by atoms with Crippen molar-refractivity contribution in [1.82, 2.24) is 15.2 Å². The molecule has 2 N–H and O–H groups in total. The molecule has 0 aliphatic heterocycles. The zero-order valence-electron chi connectivity index (χ0n) is 22.5. The highest BCUT2D eigenvalue weighted by atomic mass is 16.6. The van der Waals surface area contributed by atoms with E-state index in [4.69, 9.17) is 4.74 Å². The van der Waals surface area contributed by atoms with E-state index in [1.54, 1.807) is 37.5 Å². The number of carbonyl (C=O) groups excluding carboxylic acids is 2. The van der Waals surface area contributed by atoms with Gasteiger partial charge in [0.15, 0.2) is 0 Å². The predicted molar refractivity (Wildman–Crippen MR) is 143 cm³/mol. The molecule has 37 heavy (non-hydrogen) atoms. The Balaban J connectivity index is 1.71. The fourth-order valence-electron chi connectivity index (χ4n) is 4.64. The molecule has 1 aromatic carbocycles. The Kier molecular flexibility index (Phi) is 8.80. The highest BCUT2D eigenvalue weighted by molar-refractivity contribution is 5.90. The van der Waals surface area contributed by atoms with Gasteiger partial charge < -0.3 is 19.9 Å². The molecule has 1 atom stereocenters. The number of aromatic nitrogens is 1. The first kappa shape index (κ1) is 28.0. The SMILES string of the molecule is CC(C)n1cc(-c2ccc(C[C@@H](C#N)NC(=O)C3(NC(=O)OC(C)(C)C)CCCCC3)cc2)ccc1=O. The first-order valence-electron chi connectivity index (χ1n) is 13.0. The lowest BCUT2D eigenvalue weighted by Crippen LogP contribution is -2.61. The summed E-state index contributed by atoms with van der Waals surface area (Å²) >= 11 is 0. The van der Waals surface area contributed by atoms with E-state index in [0.717, 1.165) is 36.0 Å².